The molecule has 1 aromatic heterocycles. The molecule has 2 heterocycles. The Morgan fingerprint density at radius 1 is 1.04 bits per heavy atom. The van der Waals surface area contributed by atoms with Crippen LogP contribution in [0.2, 0.25) is 0 Å². The van der Waals surface area contributed by atoms with Crippen LogP contribution in [0.5, 0.6) is 0 Å². The fraction of sp³-hybridized carbons (Fsp3) is 0.190. The third-order valence-corrected chi connectivity index (χ3v) is 5.11. The minimum atomic E-state index is 0.373. The molecule has 118 valence electrons. The van der Waals surface area contributed by atoms with Crippen molar-refractivity contribution in [2.24, 2.45) is 0 Å². The van der Waals surface area contributed by atoms with Gasteiger partial charge in [0.15, 0.2) is 0 Å². The molecule has 1 aliphatic heterocycles. The van der Waals surface area contributed by atoms with Crippen LogP contribution in [-0.2, 0) is 0 Å². The van der Waals surface area contributed by atoms with E-state index in [4.69, 9.17) is 0 Å². The molecule has 1 N–H and O–H groups in total. The highest BCUT2D eigenvalue weighted by atomic mass is 15.2. The highest BCUT2D eigenvalue weighted by molar-refractivity contribution is 5.88. The quantitative estimate of drug-likeness (QED) is 0.744. The summed E-state index contributed by atoms with van der Waals surface area (Å²) in [5, 5.41) is 6.23. The maximum Gasteiger partial charge on any atom is 0.0517 e. The number of rotatable bonds is 1. The maximum atomic E-state index is 4.38. The third kappa shape index (κ3) is 2.05. The van der Waals surface area contributed by atoms with E-state index < -0.39 is 0 Å². The van der Waals surface area contributed by atoms with E-state index in [-0.39, 0.29) is 0 Å². The molecule has 1 unspecified atom stereocenters. The van der Waals surface area contributed by atoms with Gasteiger partial charge >= 0.3 is 0 Å². The minimum Gasteiger partial charge on any atom is -0.341 e. The number of piperazine rings is 1. The summed E-state index contributed by atoms with van der Waals surface area (Å²) in [5.41, 5.74) is 5.28. The van der Waals surface area contributed by atoms with E-state index in [0.29, 0.717) is 6.04 Å². The van der Waals surface area contributed by atoms with Crippen molar-refractivity contribution in [1.82, 2.24) is 10.3 Å². The van der Waals surface area contributed by atoms with Crippen molar-refractivity contribution in [2.45, 2.75) is 12.5 Å². The van der Waals surface area contributed by atoms with Gasteiger partial charge in [-0.1, -0.05) is 42.5 Å². The van der Waals surface area contributed by atoms with Crippen LogP contribution in [0.15, 0.2) is 60.9 Å². The number of anilines is 1. The average molecular weight is 313 g/mol. The molecule has 24 heavy (non-hydrogen) atoms. The first-order valence-electron chi connectivity index (χ1n) is 8.55. The van der Waals surface area contributed by atoms with Crippen LogP contribution in [0.3, 0.4) is 0 Å². The first kappa shape index (κ1) is 13.8. The van der Waals surface area contributed by atoms with Crippen molar-refractivity contribution in [1.29, 1.82) is 0 Å². The third-order valence-electron chi connectivity index (χ3n) is 5.11. The molecule has 3 nitrogen and oxygen atoms in total. The van der Waals surface area contributed by atoms with E-state index in [0.717, 1.165) is 19.5 Å². The Bertz CT molecular complexity index is 992. The molecule has 0 aromatic carbocycles. The van der Waals surface area contributed by atoms with Crippen LogP contribution in [0.25, 0.3) is 22.9 Å². The molecule has 1 aromatic rings. The number of hydrogen-bond donors (Lipinski definition) is 1. The number of aromatic nitrogens is 1. The van der Waals surface area contributed by atoms with Crippen molar-refractivity contribution in [3.8, 4) is 11.1 Å². The normalized spacial score (nSPS) is 19.6. The lowest BCUT2D eigenvalue weighted by atomic mass is 9.97. The van der Waals surface area contributed by atoms with E-state index >= 15 is 0 Å². The van der Waals surface area contributed by atoms with E-state index in [1.165, 1.54) is 32.9 Å². The molecule has 0 spiro atoms. The van der Waals surface area contributed by atoms with Crippen molar-refractivity contribution >= 4 is 17.5 Å². The predicted octanol–water partition coefficient (Wildman–Crippen LogP) is 1.96. The van der Waals surface area contributed by atoms with Gasteiger partial charge in [-0.2, -0.15) is 0 Å². The van der Waals surface area contributed by atoms with Crippen LogP contribution in [0.4, 0.5) is 5.69 Å². The van der Waals surface area contributed by atoms with E-state index in [1.807, 2.05) is 12.4 Å². The minimum absolute atomic E-state index is 0.373. The molecule has 5 rings (SSSR count). The van der Waals surface area contributed by atoms with Crippen LogP contribution in [-0.4, -0.2) is 24.1 Å². The molecule has 1 fully saturated rings. The molecular weight excluding hydrogens is 294 g/mol. The standard InChI is InChI=1S/C21H19N3/c1-2-4-15-7-9-20(17(15)5-3-1)24-13-12-23-19-8-6-16-10-11-22-14-18(16)21(19)24/h1-7,9-11,14,19,23H,8,12-13H2. The number of pyridine rings is 1. The van der Waals surface area contributed by atoms with Crippen LogP contribution in [0, 0.1) is 0 Å². The Balaban J connectivity index is 1.75. The molecule has 3 aliphatic carbocycles. The summed E-state index contributed by atoms with van der Waals surface area (Å²) in [6.45, 7) is 1.99. The Morgan fingerprint density at radius 2 is 2.00 bits per heavy atom. The van der Waals surface area contributed by atoms with Gasteiger partial charge in [-0.25, -0.2) is 0 Å². The molecule has 4 aliphatic rings. The Hall–Kier alpha value is -2.65. The highest BCUT2D eigenvalue weighted by Crippen LogP contribution is 2.37. The zero-order valence-corrected chi connectivity index (χ0v) is 13.4. The fourth-order valence-corrected chi connectivity index (χ4v) is 4.01. The van der Waals surface area contributed by atoms with Crippen molar-refractivity contribution in [3.63, 3.8) is 0 Å². The first-order chi connectivity index (χ1) is 11.9. The number of nitrogens with one attached hydrogen (secondary N) is 1. The smallest absolute Gasteiger partial charge is 0.0517 e. The Labute approximate surface area is 141 Å². The molecule has 0 radical (unpaired) electrons. The van der Waals surface area contributed by atoms with Gasteiger partial charge < -0.3 is 10.2 Å². The summed E-state index contributed by atoms with van der Waals surface area (Å²) in [5.74, 6) is 0. The fourth-order valence-electron chi connectivity index (χ4n) is 4.01. The number of fused-ring (bicyclic) bond motifs is 3. The summed E-state index contributed by atoms with van der Waals surface area (Å²) in [7, 11) is 0. The van der Waals surface area contributed by atoms with Crippen LogP contribution in [0.1, 0.15) is 6.42 Å². The number of nitrogens with zero attached hydrogens (tertiary/aromatic N) is 2. The second kappa shape index (κ2) is 5.46. The zero-order chi connectivity index (χ0) is 15.9. The van der Waals surface area contributed by atoms with Gasteiger partial charge in [-0.05, 0) is 29.3 Å². The summed E-state index contributed by atoms with van der Waals surface area (Å²) >= 11 is 0. The van der Waals surface area contributed by atoms with Gasteiger partial charge in [-0.3, -0.25) is 4.98 Å². The average Bonchev–Trinajstić information content (AvgIpc) is 2.89. The maximum absolute atomic E-state index is 4.38. The molecule has 0 amide bonds. The van der Waals surface area contributed by atoms with Crippen molar-refractivity contribution < 1.29 is 0 Å². The summed E-state index contributed by atoms with van der Waals surface area (Å²) < 4.78 is 0. The molecule has 3 heteroatoms. The van der Waals surface area contributed by atoms with Gasteiger partial charge in [-0.15, -0.1) is 0 Å². The van der Waals surface area contributed by atoms with Crippen LogP contribution < -0.4 is 20.7 Å². The predicted molar refractivity (Wildman–Crippen MR) is 98.2 cm³/mol. The van der Waals surface area contributed by atoms with E-state index in [1.54, 1.807) is 0 Å². The Morgan fingerprint density at radius 3 is 3.00 bits per heavy atom. The lowest BCUT2D eigenvalue weighted by molar-refractivity contribution is 0.564. The topological polar surface area (TPSA) is 28.2 Å². The molecule has 1 atom stereocenters. The van der Waals surface area contributed by atoms with Gasteiger partial charge in [0, 0.05) is 47.6 Å². The SMILES string of the molecule is C1=c2ccncc2=C2C(C1)NCCN2c1ccc2cccccc1-2. The summed E-state index contributed by atoms with van der Waals surface area (Å²) in [6, 6.07) is 17.7. The second-order valence-electron chi connectivity index (χ2n) is 6.44. The Kier molecular flexibility index (Phi) is 3.13. The largest absolute Gasteiger partial charge is 0.341 e. The second-order valence-corrected chi connectivity index (χ2v) is 6.44. The van der Waals surface area contributed by atoms with Crippen LogP contribution >= 0.6 is 0 Å². The molecule has 0 bridgehead atoms. The van der Waals surface area contributed by atoms with Gasteiger partial charge in [0.2, 0.25) is 0 Å². The number of hydrogen-bond acceptors (Lipinski definition) is 3. The zero-order valence-electron chi connectivity index (χ0n) is 13.4. The highest BCUT2D eigenvalue weighted by Gasteiger charge is 2.29. The first-order valence-corrected chi connectivity index (χ1v) is 8.55. The summed E-state index contributed by atoms with van der Waals surface area (Å²) in [4.78, 5) is 6.88. The van der Waals surface area contributed by atoms with Crippen molar-refractivity contribution in [3.05, 3.63) is 71.4 Å². The molecular formula is C21H19N3. The monoisotopic (exact) mass is 313 g/mol. The molecule has 1 saturated heterocycles. The molecule has 0 saturated carbocycles. The van der Waals surface area contributed by atoms with Crippen molar-refractivity contribution in [2.75, 3.05) is 18.0 Å². The van der Waals surface area contributed by atoms with E-state index in [2.05, 4.69) is 69.8 Å². The van der Waals surface area contributed by atoms with Gasteiger partial charge in [0.25, 0.3) is 0 Å². The van der Waals surface area contributed by atoms with E-state index in [9.17, 15) is 0 Å². The lowest BCUT2D eigenvalue weighted by Gasteiger charge is -2.39. The van der Waals surface area contributed by atoms with Gasteiger partial charge in [0.1, 0.15) is 0 Å². The summed E-state index contributed by atoms with van der Waals surface area (Å²) in [6.07, 6.45) is 7.26. The van der Waals surface area contributed by atoms with Gasteiger partial charge in [0.05, 0.1) is 6.04 Å². The lowest BCUT2D eigenvalue weighted by Crippen LogP contribution is -2.54.